The third-order valence-electron chi connectivity index (χ3n) is 3.22. The predicted octanol–water partition coefficient (Wildman–Crippen LogP) is 3.05. The van der Waals surface area contributed by atoms with Gasteiger partial charge in [-0.2, -0.15) is 0 Å². The molecule has 19 heavy (non-hydrogen) atoms. The molecule has 0 aliphatic rings. The number of aliphatic hydroxyl groups is 1. The number of aromatic nitrogens is 1. The summed E-state index contributed by atoms with van der Waals surface area (Å²) in [4.78, 5) is 5.50. The first-order valence-corrected chi connectivity index (χ1v) is 7.40. The van der Waals surface area contributed by atoms with E-state index in [4.69, 9.17) is 0 Å². The molecule has 1 heterocycles. The van der Waals surface area contributed by atoms with Gasteiger partial charge in [-0.25, -0.2) is 4.98 Å². The second kappa shape index (κ2) is 6.80. The first-order chi connectivity index (χ1) is 9.16. The molecule has 1 aromatic heterocycles. The van der Waals surface area contributed by atoms with Crippen LogP contribution in [0.1, 0.15) is 35.6 Å². The zero-order chi connectivity index (χ0) is 13.7. The summed E-state index contributed by atoms with van der Waals surface area (Å²) in [5.41, 5.74) is 3.94. The van der Waals surface area contributed by atoms with E-state index in [1.54, 1.807) is 11.3 Å². The number of hydrogen-bond acceptors (Lipinski definition) is 4. The molecule has 0 radical (unpaired) electrons. The summed E-state index contributed by atoms with van der Waals surface area (Å²) in [5, 5.41) is 13.6. The standard InChI is InChI=1S/C15H20N2OS/c1-11(16-9-15-12(2)17-10-19-15)8-14(18)13-6-4-3-5-7-13/h3-7,10-11,14,16,18H,8-9H2,1-2H3. The van der Waals surface area contributed by atoms with Gasteiger partial charge in [0, 0.05) is 17.5 Å². The van der Waals surface area contributed by atoms with Crippen molar-refractivity contribution in [2.75, 3.05) is 0 Å². The van der Waals surface area contributed by atoms with Crippen LogP contribution >= 0.6 is 11.3 Å². The number of rotatable bonds is 6. The van der Waals surface area contributed by atoms with Crippen LogP contribution in [0.25, 0.3) is 0 Å². The van der Waals surface area contributed by atoms with Gasteiger partial charge in [-0.15, -0.1) is 11.3 Å². The smallest absolute Gasteiger partial charge is 0.0804 e. The molecule has 2 atom stereocenters. The molecule has 2 unspecified atom stereocenters. The van der Waals surface area contributed by atoms with Gasteiger partial charge in [0.15, 0.2) is 0 Å². The van der Waals surface area contributed by atoms with Crippen LogP contribution in [0, 0.1) is 6.92 Å². The second-order valence-corrected chi connectivity index (χ2v) is 5.74. The van der Waals surface area contributed by atoms with E-state index >= 15 is 0 Å². The maximum Gasteiger partial charge on any atom is 0.0804 e. The van der Waals surface area contributed by atoms with E-state index in [0.717, 1.165) is 17.8 Å². The third kappa shape index (κ3) is 4.13. The van der Waals surface area contributed by atoms with Crippen molar-refractivity contribution in [3.8, 4) is 0 Å². The molecule has 2 rings (SSSR count). The van der Waals surface area contributed by atoms with Gasteiger partial charge in [0.25, 0.3) is 0 Å². The molecular weight excluding hydrogens is 256 g/mol. The van der Waals surface area contributed by atoms with Gasteiger partial charge < -0.3 is 10.4 Å². The highest BCUT2D eigenvalue weighted by Gasteiger charge is 2.12. The molecular formula is C15H20N2OS. The Bertz CT molecular complexity index is 498. The maximum absolute atomic E-state index is 10.2. The molecule has 0 amide bonds. The fourth-order valence-electron chi connectivity index (χ4n) is 1.99. The van der Waals surface area contributed by atoms with Crippen molar-refractivity contribution in [2.24, 2.45) is 0 Å². The average Bonchev–Trinajstić information content (AvgIpc) is 2.83. The Kier molecular flexibility index (Phi) is 5.07. The van der Waals surface area contributed by atoms with Crippen LogP contribution in [-0.4, -0.2) is 16.1 Å². The largest absolute Gasteiger partial charge is 0.388 e. The Morgan fingerprint density at radius 1 is 1.32 bits per heavy atom. The van der Waals surface area contributed by atoms with Crippen molar-refractivity contribution in [3.05, 3.63) is 52.0 Å². The van der Waals surface area contributed by atoms with E-state index in [9.17, 15) is 5.11 Å². The third-order valence-corrected chi connectivity index (χ3v) is 4.15. The van der Waals surface area contributed by atoms with Crippen LogP contribution in [0.4, 0.5) is 0 Å². The van der Waals surface area contributed by atoms with Gasteiger partial charge in [-0.05, 0) is 25.8 Å². The highest BCUT2D eigenvalue weighted by atomic mass is 32.1. The minimum Gasteiger partial charge on any atom is -0.388 e. The zero-order valence-electron chi connectivity index (χ0n) is 11.3. The van der Waals surface area contributed by atoms with E-state index in [1.807, 2.05) is 42.8 Å². The molecule has 1 aromatic carbocycles. The Morgan fingerprint density at radius 3 is 2.68 bits per heavy atom. The van der Waals surface area contributed by atoms with E-state index in [0.29, 0.717) is 6.42 Å². The van der Waals surface area contributed by atoms with Gasteiger partial charge in [-0.3, -0.25) is 0 Å². The lowest BCUT2D eigenvalue weighted by molar-refractivity contribution is 0.154. The molecule has 0 aliphatic carbocycles. The minimum atomic E-state index is -0.411. The highest BCUT2D eigenvalue weighted by Crippen LogP contribution is 2.18. The van der Waals surface area contributed by atoms with Crippen molar-refractivity contribution in [1.82, 2.24) is 10.3 Å². The predicted molar refractivity (Wildman–Crippen MR) is 79.2 cm³/mol. The minimum absolute atomic E-state index is 0.261. The summed E-state index contributed by atoms with van der Waals surface area (Å²) in [7, 11) is 0. The molecule has 0 fully saturated rings. The van der Waals surface area contributed by atoms with E-state index in [1.165, 1.54) is 4.88 Å². The lowest BCUT2D eigenvalue weighted by Gasteiger charge is -2.18. The Labute approximate surface area is 118 Å². The van der Waals surface area contributed by atoms with Crippen molar-refractivity contribution >= 4 is 11.3 Å². The van der Waals surface area contributed by atoms with E-state index < -0.39 is 6.10 Å². The number of nitrogens with one attached hydrogen (secondary N) is 1. The fourth-order valence-corrected chi connectivity index (χ4v) is 2.72. The lowest BCUT2D eigenvalue weighted by Crippen LogP contribution is -2.27. The lowest BCUT2D eigenvalue weighted by atomic mass is 10.0. The number of hydrogen-bond donors (Lipinski definition) is 2. The summed E-state index contributed by atoms with van der Waals surface area (Å²) in [6.07, 6.45) is 0.299. The zero-order valence-corrected chi connectivity index (χ0v) is 12.2. The van der Waals surface area contributed by atoms with Gasteiger partial charge in [0.05, 0.1) is 17.3 Å². The van der Waals surface area contributed by atoms with Crippen molar-refractivity contribution in [1.29, 1.82) is 0 Å². The van der Waals surface area contributed by atoms with Crippen molar-refractivity contribution in [3.63, 3.8) is 0 Å². The summed E-state index contributed by atoms with van der Waals surface area (Å²) in [6, 6.07) is 10.1. The van der Waals surface area contributed by atoms with Gasteiger partial charge >= 0.3 is 0 Å². The molecule has 4 heteroatoms. The summed E-state index contributed by atoms with van der Waals surface area (Å²) in [5.74, 6) is 0. The van der Waals surface area contributed by atoms with Gasteiger partial charge in [-0.1, -0.05) is 30.3 Å². The molecule has 3 nitrogen and oxygen atoms in total. The number of aryl methyl sites for hydroxylation is 1. The molecule has 0 saturated carbocycles. The monoisotopic (exact) mass is 276 g/mol. The number of thiazole rings is 1. The number of benzene rings is 1. The van der Waals surface area contributed by atoms with Crippen LogP contribution in [0.15, 0.2) is 35.8 Å². The Morgan fingerprint density at radius 2 is 2.05 bits per heavy atom. The van der Waals surface area contributed by atoms with Crippen molar-refractivity contribution in [2.45, 2.75) is 39.0 Å². The molecule has 2 aromatic rings. The molecule has 0 spiro atoms. The maximum atomic E-state index is 10.2. The highest BCUT2D eigenvalue weighted by molar-refractivity contribution is 7.09. The molecule has 0 saturated heterocycles. The quantitative estimate of drug-likeness (QED) is 0.852. The SMILES string of the molecule is Cc1ncsc1CNC(C)CC(O)c1ccccc1. The average molecular weight is 276 g/mol. The normalized spacial score (nSPS) is 14.3. The topological polar surface area (TPSA) is 45.2 Å². The number of nitrogens with zero attached hydrogens (tertiary/aromatic N) is 1. The summed E-state index contributed by atoms with van der Waals surface area (Å²) < 4.78 is 0. The van der Waals surface area contributed by atoms with Gasteiger partial charge in [0.2, 0.25) is 0 Å². The van der Waals surface area contributed by atoms with Crippen LogP contribution < -0.4 is 5.32 Å². The van der Waals surface area contributed by atoms with Crippen LogP contribution in [0.3, 0.4) is 0 Å². The fraction of sp³-hybridized carbons (Fsp3) is 0.400. The molecule has 0 bridgehead atoms. The second-order valence-electron chi connectivity index (χ2n) is 4.81. The first-order valence-electron chi connectivity index (χ1n) is 6.52. The van der Waals surface area contributed by atoms with Gasteiger partial charge in [0.1, 0.15) is 0 Å². The summed E-state index contributed by atoms with van der Waals surface area (Å²) >= 11 is 1.67. The molecule has 2 N–H and O–H groups in total. The molecule has 0 aliphatic heterocycles. The van der Waals surface area contributed by atoms with Crippen LogP contribution in [0.5, 0.6) is 0 Å². The first kappa shape index (κ1) is 14.2. The summed E-state index contributed by atoms with van der Waals surface area (Å²) in [6.45, 7) is 4.94. The van der Waals surface area contributed by atoms with Crippen LogP contribution in [-0.2, 0) is 6.54 Å². The Balaban J connectivity index is 1.81. The van der Waals surface area contributed by atoms with E-state index in [2.05, 4.69) is 17.2 Å². The van der Waals surface area contributed by atoms with Crippen LogP contribution in [0.2, 0.25) is 0 Å². The van der Waals surface area contributed by atoms with E-state index in [-0.39, 0.29) is 6.04 Å². The number of aliphatic hydroxyl groups excluding tert-OH is 1. The Hall–Kier alpha value is -1.23. The molecule has 102 valence electrons. The van der Waals surface area contributed by atoms with Crippen molar-refractivity contribution < 1.29 is 5.11 Å².